The van der Waals surface area contributed by atoms with E-state index in [4.69, 9.17) is 4.74 Å². The van der Waals surface area contributed by atoms with Crippen LogP contribution in [0.25, 0.3) is 0 Å². The topological polar surface area (TPSA) is 21.3 Å². The summed E-state index contributed by atoms with van der Waals surface area (Å²) in [5.74, 6) is 0.526. The van der Waals surface area contributed by atoms with E-state index in [0.29, 0.717) is 6.54 Å². The highest BCUT2D eigenvalue weighted by Crippen LogP contribution is 2.29. The van der Waals surface area contributed by atoms with E-state index in [0.717, 1.165) is 35.4 Å². The Labute approximate surface area is 171 Å². The van der Waals surface area contributed by atoms with Crippen molar-refractivity contribution in [1.82, 2.24) is 5.32 Å². The van der Waals surface area contributed by atoms with Gasteiger partial charge < -0.3 is 10.1 Å². The van der Waals surface area contributed by atoms with Crippen molar-refractivity contribution in [3.63, 3.8) is 0 Å². The number of hydrogen-bond donors (Lipinski definition) is 1. The zero-order valence-corrected chi connectivity index (χ0v) is 16.9. The third kappa shape index (κ3) is 6.40. The minimum absolute atomic E-state index is 0.129. The van der Waals surface area contributed by atoms with Crippen LogP contribution in [-0.2, 0) is 6.54 Å². The maximum Gasteiger partial charge on any atom is 0.123 e. The van der Waals surface area contributed by atoms with E-state index in [9.17, 15) is 8.78 Å². The third-order valence-electron chi connectivity index (χ3n) is 4.78. The molecule has 0 saturated heterocycles. The van der Waals surface area contributed by atoms with Crippen LogP contribution < -0.4 is 10.1 Å². The minimum atomic E-state index is -0.234. The molecule has 3 rings (SSSR count). The highest BCUT2D eigenvalue weighted by atomic mass is 19.1. The fourth-order valence-electron chi connectivity index (χ4n) is 3.35. The summed E-state index contributed by atoms with van der Waals surface area (Å²) in [7, 11) is 0. The summed E-state index contributed by atoms with van der Waals surface area (Å²) in [4.78, 5) is 0. The molecular formula is C25H27F2NO. The predicted octanol–water partition coefficient (Wildman–Crippen LogP) is 6.06. The zero-order valence-electron chi connectivity index (χ0n) is 16.9. The molecule has 0 unspecified atom stereocenters. The van der Waals surface area contributed by atoms with Gasteiger partial charge in [0.1, 0.15) is 17.4 Å². The van der Waals surface area contributed by atoms with Crippen molar-refractivity contribution in [2.75, 3.05) is 6.54 Å². The van der Waals surface area contributed by atoms with Crippen LogP contribution in [0, 0.1) is 11.6 Å². The second-order valence-electron chi connectivity index (χ2n) is 7.43. The molecule has 29 heavy (non-hydrogen) atoms. The van der Waals surface area contributed by atoms with Crippen LogP contribution in [0.15, 0.2) is 72.8 Å². The van der Waals surface area contributed by atoms with E-state index in [1.165, 1.54) is 24.3 Å². The summed E-state index contributed by atoms with van der Waals surface area (Å²) in [6.45, 7) is 5.46. The van der Waals surface area contributed by atoms with Crippen LogP contribution in [0.3, 0.4) is 0 Å². The summed E-state index contributed by atoms with van der Waals surface area (Å²) < 4.78 is 32.2. The van der Waals surface area contributed by atoms with E-state index in [1.807, 2.05) is 38.1 Å². The molecule has 0 aliphatic carbocycles. The van der Waals surface area contributed by atoms with Crippen LogP contribution in [0.2, 0.25) is 0 Å². The number of halogens is 2. The lowest BCUT2D eigenvalue weighted by Crippen LogP contribution is -2.18. The van der Waals surface area contributed by atoms with Gasteiger partial charge in [0.25, 0.3) is 0 Å². The molecule has 4 heteroatoms. The first kappa shape index (κ1) is 21.0. The van der Waals surface area contributed by atoms with E-state index in [-0.39, 0.29) is 23.7 Å². The lowest BCUT2D eigenvalue weighted by atomic mass is 9.88. The number of nitrogens with one attached hydrogen (secondary N) is 1. The normalized spacial score (nSPS) is 12.2. The Balaban J connectivity index is 1.67. The SMILES string of the molecule is CC(C)Oc1ccc([C@@H](CCNCc2ccc(F)cc2)c2ccc(F)cc2)cc1. The number of ether oxygens (including phenoxy) is 1. The van der Waals surface area contributed by atoms with Crippen molar-refractivity contribution in [2.24, 2.45) is 0 Å². The first-order chi connectivity index (χ1) is 14.0. The molecule has 0 aromatic heterocycles. The quantitative estimate of drug-likeness (QED) is 0.445. The fourth-order valence-corrected chi connectivity index (χ4v) is 3.35. The van der Waals surface area contributed by atoms with Gasteiger partial charge in [-0.15, -0.1) is 0 Å². The van der Waals surface area contributed by atoms with Gasteiger partial charge in [0, 0.05) is 12.5 Å². The molecule has 0 bridgehead atoms. The highest BCUT2D eigenvalue weighted by Gasteiger charge is 2.14. The first-order valence-electron chi connectivity index (χ1n) is 9.98. The zero-order chi connectivity index (χ0) is 20.6. The smallest absolute Gasteiger partial charge is 0.123 e. The average Bonchev–Trinajstić information content (AvgIpc) is 2.71. The lowest BCUT2D eigenvalue weighted by Gasteiger charge is -2.19. The third-order valence-corrected chi connectivity index (χ3v) is 4.78. The van der Waals surface area contributed by atoms with Crippen molar-refractivity contribution in [2.45, 2.75) is 38.8 Å². The molecule has 0 amide bonds. The van der Waals surface area contributed by atoms with Gasteiger partial charge in [-0.1, -0.05) is 36.4 Å². The molecule has 1 atom stereocenters. The molecule has 0 radical (unpaired) electrons. The molecule has 3 aromatic carbocycles. The van der Waals surface area contributed by atoms with Gasteiger partial charge in [-0.2, -0.15) is 0 Å². The molecule has 0 saturated carbocycles. The molecule has 0 aliphatic heterocycles. The van der Waals surface area contributed by atoms with E-state index in [2.05, 4.69) is 17.4 Å². The molecular weight excluding hydrogens is 368 g/mol. The van der Waals surface area contributed by atoms with Crippen LogP contribution in [0.5, 0.6) is 5.75 Å². The second kappa shape index (κ2) is 10.2. The molecule has 152 valence electrons. The van der Waals surface area contributed by atoms with Gasteiger partial charge in [-0.05, 0) is 79.9 Å². The fraction of sp³-hybridized carbons (Fsp3) is 0.280. The maximum atomic E-state index is 13.4. The summed E-state index contributed by atoms with van der Waals surface area (Å²) in [6.07, 6.45) is 0.987. The molecule has 1 N–H and O–H groups in total. The molecule has 0 aliphatic rings. The van der Waals surface area contributed by atoms with Gasteiger partial charge >= 0.3 is 0 Å². The van der Waals surface area contributed by atoms with Crippen molar-refractivity contribution < 1.29 is 13.5 Å². The average molecular weight is 395 g/mol. The highest BCUT2D eigenvalue weighted by molar-refractivity contribution is 5.36. The first-order valence-corrected chi connectivity index (χ1v) is 9.98. The van der Waals surface area contributed by atoms with Gasteiger partial charge in [0.2, 0.25) is 0 Å². The standard InChI is InChI=1S/C25H27F2NO/c1-18(2)29-24-13-7-21(8-14-24)25(20-5-11-23(27)12-6-20)15-16-28-17-19-3-9-22(26)10-4-19/h3-14,18,25,28H,15-17H2,1-2H3/t25-/m0/s1. The maximum absolute atomic E-state index is 13.4. The van der Waals surface area contributed by atoms with Crippen molar-refractivity contribution in [1.29, 1.82) is 0 Å². The van der Waals surface area contributed by atoms with Gasteiger partial charge in [0.05, 0.1) is 6.10 Å². The van der Waals surface area contributed by atoms with Crippen LogP contribution >= 0.6 is 0 Å². The summed E-state index contributed by atoms with van der Waals surface area (Å²) >= 11 is 0. The van der Waals surface area contributed by atoms with E-state index >= 15 is 0 Å². The largest absolute Gasteiger partial charge is 0.491 e. The Morgan fingerprint density at radius 1 is 0.759 bits per heavy atom. The van der Waals surface area contributed by atoms with Gasteiger partial charge in [-0.25, -0.2) is 8.78 Å². The van der Waals surface area contributed by atoms with Gasteiger partial charge in [0.15, 0.2) is 0 Å². The summed E-state index contributed by atoms with van der Waals surface area (Å²) in [6, 6.07) is 21.3. The molecule has 0 spiro atoms. The predicted molar refractivity (Wildman–Crippen MR) is 113 cm³/mol. The summed E-state index contributed by atoms with van der Waals surface area (Å²) in [5.41, 5.74) is 3.28. The molecule has 0 heterocycles. The number of hydrogen-bond acceptors (Lipinski definition) is 2. The Morgan fingerprint density at radius 2 is 1.28 bits per heavy atom. The Bertz CT molecular complexity index is 874. The van der Waals surface area contributed by atoms with Crippen LogP contribution in [-0.4, -0.2) is 12.6 Å². The van der Waals surface area contributed by atoms with Crippen LogP contribution in [0.4, 0.5) is 8.78 Å². The second-order valence-corrected chi connectivity index (χ2v) is 7.43. The molecule has 0 fully saturated rings. The minimum Gasteiger partial charge on any atom is -0.491 e. The van der Waals surface area contributed by atoms with Crippen molar-refractivity contribution in [3.8, 4) is 5.75 Å². The van der Waals surface area contributed by atoms with Crippen LogP contribution in [0.1, 0.15) is 42.9 Å². The van der Waals surface area contributed by atoms with Gasteiger partial charge in [-0.3, -0.25) is 0 Å². The lowest BCUT2D eigenvalue weighted by molar-refractivity contribution is 0.242. The Kier molecular flexibility index (Phi) is 7.36. The summed E-state index contributed by atoms with van der Waals surface area (Å²) in [5, 5.41) is 3.42. The molecule has 2 nitrogen and oxygen atoms in total. The van der Waals surface area contributed by atoms with Crippen molar-refractivity contribution >= 4 is 0 Å². The number of benzene rings is 3. The molecule has 3 aromatic rings. The van der Waals surface area contributed by atoms with E-state index in [1.54, 1.807) is 12.1 Å². The van der Waals surface area contributed by atoms with Crippen molar-refractivity contribution in [3.05, 3.63) is 101 Å². The number of rotatable bonds is 9. The van der Waals surface area contributed by atoms with E-state index < -0.39 is 0 Å². The Morgan fingerprint density at radius 3 is 1.83 bits per heavy atom. The Hall–Kier alpha value is -2.72. The monoisotopic (exact) mass is 395 g/mol.